The van der Waals surface area contributed by atoms with Crippen molar-refractivity contribution in [2.24, 2.45) is 17.8 Å². The molecule has 20 heavy (non-hydrogen) atoms. The molecule has 0 aliphatic heterocycles. The molecule has 1 unspecified atom stereocenters. The molecule has 0 spiro atoms. The van der Waals surface area contributed by atoms with Gasteiger partial charge in [-0.2, -0.15) is 0 Å². The van der Waals surface area contributed by atoms with Gasteiger partial charge < -0.3 is 5.32 Å². The topological polar surface area (TPSA) is 12.0 Å². The standard InChI is InChI=1S/C19H35N/c1-16(2)14-20-15-19(18-12-8-5-9-13-18)17-10-6-3-4-7-11-17/h12,16-17,19-20H,3-11,13-15H2,1-2H3. The molecule has 0 aromatic rings. The summed E-state index contributed by atoms with van der Waals surface area (Å²) in [5.74, 6) is 2.57. The maximum absolute atomic E-state index is 3.76. The Balaban J connectivity index is 1.95. The van der Waals surface area contributed by atoms with Crippen LogP contribution in [-0.2, 0) is 0 Å². The molecule has 2 rings (SSSR count). The zero-order chi connectivity index (χ0) is 14.2. The molecule has 116 valence electrons. The summed E-state index contributed by atoms with van der Waals surface area (Å²) in [5, 5.41) is 3.76. The Morgan fingerprint density at radius 3 is 2.35 bits per heavy atom. The highest BCUT2D eigenvalue weighted by Crippen LogP contribution is 2.36. The van der Waals surface area contributed by atoms with Crippen molar-refractivity contribution < 1.29 is 0 Å². The molecule has 0 heterocycles. The average Bonchev–Trinajstić information content (AvgIpc) is 2.73. The molecule has 0 aromatic carbocycles. The molecule has 1 heteroatoms. The molecule has 0 radical (unpaired) electrons. The van der Waals surface area contributed by atoms with E-state index in [0.717, 1.165) is 17.8 Å². The Labute approximate surface area is 126 Å². The highest BCUT2D eigenvalue weighted by Gasteiger charge is 2.26. The number of rotatable bonds is 6. The van der Waals surface area contributed by atoms with E-state index in [1.54, 1.807) is 5.57 Å². The highest BCUT2D eigenvalue weighted by atomic mass is 14.9. The zero-order valence-corrected chi connectivity index (χ0v) is 13.8. The monoisotopic (exact) mass is 277 g/mol. The Morgan fingerprint density at radius 2 is 1.75 bits per heavy atom. The van der Waals surface area contributed by atoms with Gasteiger partial charge in [0.25, 0.3) is 0 Å². The second-order valence-electron chi connectivity index (χ2n) is 7.44. The average molecular weight is 277 g/mol. The predicted octanol–water partition coefficient (Wildman–Crippen LogP) is 5.32. The van der Waals surface area contributed by atoms with E-state index in [1.807, 2.05) is 0 Å². The summed E-state index contributed by atoms with van der Waals surface area (Å²) in [4.78, 5) is 0. The van der Waals surface area contributed by atoms with Gasteiger partial charge >= 0.3 is 0 Å². The first-order valence-corrected chi connectivity index (χ1v) is 9.17. The minimum Gasteiger partial charge on any atom is -0.316 e. The molecular formula is C19H35N. The molecule has 1 fully saturated rings. The maximum atomic E-state index is 3.76. The Hall–Kier alpha value is -0.300. The van der Waals surface area contributed by atoms with E-state index in [4.69, 9.17) is 0 Å². The largest absolute Gasteiger partial charge is 0.316 e. The zero-order valence-electron chi connectivity index (χ0n) is 13.8. The first kappa shape index (κ1) is 16.1. The van der Waals surface area contributed by atoms with Crippen molar-refractivity contribution in [2.75, 3.05) is 13.1 Å². The quantitative estimate of drug-likeness (QED) is 0.512. The van der Waals surface area contributed by atoms with Crippen LogP contribution < -0.4 is 5.32 Å². The van der Waals surface area contributed by atoms with Crippen molar-refractivity contribution in [1.82, 2.24) is 5.32 Å². The summed E-state index contributed by atoms with van der Waals surface area (Å²) < 4.78 is 0. The van der Waals surface area contributed by atoms with Crippen molar-refractivity contribution in [3.8, 4) is 0 Å². The Kier molecular flexibility index (Phi) is 7.13. The lowest BCUT2D eigenvalue weighted by Crippen LogP contribution is -2.32. The van der Waals surface area contributed by atoms with E-state index in [9.17, 15) is 0 Å². The van der Waals surface area contributed by atoms with Gasteiger partial charge in [0.1, 0.15) is 0 Å². The van der Waals surface area contributed by atoms with E-state index in [0.29, 0.717) is 0 Å². The van der Waals surface area contributed by atoms with Gasteiger partial charge in [-0.25, -0.2) is 0 Å². The summed E-state index contributed by atoms with van der Waals surface area (Å²) >= 11 is 0. The predicted molar refractivity (Wildman–Crippen MR) is 88.9 cm³/mol. The van der Waals surface area contributed by atoms with Crippen LogP contribution in [0.4, 0.5) is 0 Å². The van der Waals surface area contributed by atoms with Crippen LogP contribution in [0.2, 0.25) is 0 Å². The molecule has 0 saturated heterocycles. The van der Waals surface area contributed by atoms with Crippen molar-refractivity contribution in [3.05, 3.63) is 11.6 Å². The SMILES string of the molecule is CC(C)CNCC(C1=CCCCC1)C1CCCCCC1. The third-order valence-electron chi connectivity index (χ3n) is 5.19. The summed E-state index contributed by atoms with van der Waals surface area (Å²) in [6, 6.07) is 0. The molecule has 0 amide bonds. The molecule has 2 aliphatic carbocycles. The lowest BCUT2D eigenvalue weighted by Gasteiger charge is -2.31. The van der Waals surface area contributed by atoms with Crippen LogP contribution in [0, 0.1) is 17.8 Å². The van der Waals surface area contributed by atoms with Crippen molar-refractivity contribution >= 4 is 0 Å². The van der Waals surface area contributed by atoms with Gasteiger partial charge in [-0.05, 0) is 62.8 Å². The van der Waals surface area contributed by atoms with Crippen LogP contribution in [0.25, 0.3) is 0 Å². The van der Waals surface area contributed by atoms with Gasteiger partial charge in [-0.1, -0.05) is 51.2 Å². The van der Waals surface area contributed by atoms with Crippen molar-refractivity contribution in [2.45, 2.75) is 78.1 Å². The maximum Gasteiger partial charge on any atom is 0.00196 e. The Bertz CT molecular complexity index is 284. The van der Waals surface area contributed by atoms with Crippen LogP contribution in [0.3, 0.4) is 0 Å². The van der Waals surface area contributed by atoms with Crippen LogP contribution in [0.1, 0.15) is 78.1 Å². The molecule has 1 atom stereocenters. The van der Waals surface area contributed by atoms with Gasteiger partial charge in [0.15, 0.2) is 0 Å². The highest BCUT2D eigenvalue weighted by molar-refractivity contribution is 5.11. The minimum absolute atomic E-state index is 0.769. The van der Waals surface area contributed by atoms with Gasteiger partial charge in [-0.3, -0.25) is 0 Å². The van der Waals surface area contributed by atoms with Gasteiger partial charge in [0.2, 0.25) is 0 Å². The lowest BCUT2D eigenvalue weighted by molar-refractivity contribution is 0.310. The van der Waals surface area contributed by atoms with Gasteiger partial charge in [0.05, 0.1) is 0 Å². The summed E-state index contributed by atoms with van der Waals surface area (Å²) in [6.45, 7) is 7.03. The fraction of sp³-hybridized carbons (Fsp3) is 0.895. The normalized spacial score (nSPS) is 23.4. The van der Waals surface area contributed by atoms with E-state index in [2.05, 4.69) is 25.2 Å². The number of nitrogens with one attached hydrogen (secondary N) is 1. The molecule has 1 saturated carbocycles. The van der Waals surface area contributed by atoms with Gasteiger partial charge in [0, 0.05) is 6.54 Å². The summed E-state index contributed by atoms with van der Waals surface area (Å²) in [7, 11) is 0. The number of hydrogen-bond acceptors (Lipinski definition) is 1. The summed E-state index contributed by atoms with van der Waals surface area (Å²) in [5.41, 5.74) is 1.81. The number of hydrogen-bond donors (Lipinski definition) is 1. The summed E-state index contributed by atoms with van der Waals surface area (Å²) in [6.07, 6.45) is 17.0. The fourth-order valence-corrected chi connectivity index (χ4v) is 4.04. The van der Waals surface area contributed by atoms with Crippen molar-refractivity contribution in [3.63, 3.8) is 0 Å². The van der Waals surface area contributed by atoms with Crippen LogP contribution in [0.15, 0.2) is 11.6 Å². The van der Waals surface area contributed by atoms with Crippen LogP contribution in [0.5, 0.6) is 0 Å². The third kappa shape index (κ3) is 5.24. The second-order valence-corrected chi connectivity index (χ2v) is 7.44. The first-order valence-electron chi connectivity index (χ1n) is 9.17. The molecule has 0 bridgehead atoms. The van der Waals surface area contributed by atoms with Crippen molar-refractivity contribution in [1.29, 1.82) is 0 Å². The molecular weight excluding hydrogens is 242 g/mol. The first-order chi connectivity index (χ1) is 9.77. The molecule has 1 N–H and O–H groups in total. The lowest BCUT2D eigenvalue weighted by atomic mass is 9.77. The van der Waals surface area contributed by atoms with Gasteiger partial charge in [-0.15, -0.1) is 0 Å². The number of allylic oxidation sites excluding steroid dienone is 1. The second kappa shape index (κ2) is 8.87. The van der Waals surface area contributed by atoms with E-state index in [1.165, 1.54) is 77.3 Å². The van der Waals surface area contributed by atoms with E-state index in [-0.39, 0.29) is 0 Å². The smallest absolute Gasteiger partial charge is 0.00196 e. The Morgan fingerprint density at radius 1 is 1.00 bits per heavy atom. The molecule has 0 aromatic heterocycles. The molecule has 2 aliphatic rings. The van der Waals surface area contributed by atoms with E-state index >= 15 is 0 Å². The minimum atomic E-state index is 0.769. The fourth-order valence-electron chi connectivity index (χ4n) is 4.04. The van der Waals surface area contributed by atoms with Crippen LogP contribution in [-0.4, -0.2) is 13.1 Å². The van der Waals surface area contributed by atoms with E-state index < -0.39 is 0 Å². The molecule has 1 nitrogen and oxygen atoms in total. The third-order valence-corrected chi connectivity index (χ3v) is 5.19. The van der Waals surface area contributed by atoms with Crippen LogP contribution >= 0.6 is 0 Å².